The lowest BCUT2D eigenvalue weighted by Gasteiger charge is -2.01. The molecule has 2 aromatic carbocycles. The van der Waals surface area contributed by atoms with Crippen LogP contribution >= 0.6 is 46.2 Å². The molecule has 0 spiro atoms. The Bertz CT molecular complexity index is 1100. The van der Waals surface area contributed by atoms with Crippen LogP contribution in [-0.2, 0) is 0 Å². The van der Waals surface area contributed by atoms with Crippen molar-refractivity contribution in [1.29, 1.82) is 0 Å². The van der Waals surface area contributed by atoms with Gasteiger partial charge < -0.3 is 0 Å². The highest BCUT2D eigenvalue weighted by Gasteiger charge is 2.10. The van der Waals surface area contributed by atoms with Gasteiger partial charge in [-0.15, -0.1) is 0 Å². The van der Waals surface area contributed by atoms with E-state index in [9.17, 15) is 0 Å². The lowest BCUT2D eigenvalue weighted by molar-refractivity contribution is 1.14. The predicted octanol–water partition coefficient (Wildman–Crippen LogP) is 6.09. The van der Waals surface area contributed by atoms with Crippen LogP contribution in [0.4, 0.5) is 5.69 Å². The number of fused-ring (bicyclic) bond motifs is 1. The summed E-state index contributed by atoms with van der Waals surface area (Å²) in [6.45, 7) is 2.09. The van der Waals surface area contributed by atoms with Crippen LogP contribution in [-0.4, -0.2) is 4.57 Å². The summed E-state index contributed by atoms with van der Waals surface area (Å²) in [6, 6.07) is 18.5. The Labute approximate surface area is 150 Å². The van der Waals surface area contributed by atoms with E-state index in [4.69, 9.17) is 17.2 Å². The van der Waals surface area contributed by atoms with Crippen LogP contribution < -0.4 is 3.98 Å². The lowest BCUT2D eigenvalue weighted by atomic mass is 10.2. The standard InChI is InChI=1S/C17H12N2S4/c1-11-7-5-6-10-13(11)18-16-21-14-15(22-16)23-17(20)19(14)12-8-3-2-4-9-12/h2-10H,1H3. The number of thiazole rings is 1. The molecule has 0 saturated carbocycles. The van der Waals surface area contributed by atoms with Gasteiger partial charge in [0.1, 0.15) is 8.84 Å². The van der Waals surface area contributed by atoms with Crippen molar-refractivity contribution in [2.75, 3.05) is 0 Å². The van der Waals surface area contributed by atoms with Gasteiger partial charge in [0.05, 0.1) is 5.69 Å². The Balaban J connectivity index is 1.92. The van der Waals surface area contributed by atoms with Crippen LogP contribution in [0.15, 0.2) is 59.6 Å². The molecule has 114 valence electrons. The van der Waals surface area contributed by atoms with Gasteiger partial charge in [0.15, 0.2) is 7.94 Å². The number of aryl methyl sites for hydroxylation is 1. The summed E-state index contributed by atoms with van der Waals surface area (Å²) in [5.74, 6) is 0. The Kier molecular flexibility index (Phi) is 3.98. The van der Waals surface area contributed by atoms with Crippen LogP contribution in [0.2, 0.25) is 0 Å². The fourth-order valence-corrected chi connectivity index (χ4v) is 6.77. The van der Waals surface area contributed by atoms with Gasteiger partial charge in [-0.05, 0) is 42.9 Å². The molecule has 0 fully saturated rings. The third-order valence-electron chi connectivity index (χ3n) is 3.45. The molecule has 6 heteroatoms. The summed E-state index contributed by atoms with van der Waals surface area (Å²) < 4.78 is 5.32. The van der Waals surface area contributed by atoms with E-state index in [1.54, 1.807) is 34.0 Å². The molecule has 0 N–H and O–H groups in total. The summed E-state index contributed by atoms with van der Waals surface area (Å²) in [6.07, 6.45) is 0. The van der Waals surface area contributed by atoms with Crippen LogP contribution in [0.5, 0.6) is 0 Å². The average Bonchev–Trinajstić information content (AvgIpc) is 3.06. The van der Waals surface area contributed by atoms with Crippen molar-refractivity contribution in [2.24, 2.45) is 4.99 Å². The largest absolute Gasteiger partial charge is 0.282 e. The molecule has 0 bridgehead atoms. The van der Waals surface area contributed by atoms with Crippen molar-refractivity contribution in [1.82, 2.24) is 4.57 Å². The molecule has 0 saturated heterocycles. The fraction of sp³-hybridized carbons (Fsp3) is 0.0588. The van der Waals surface area contributed by atoms with Crippen LogP contribution in [0.1, 0.15) is 5.56 Å². The summed E-state index contributed by atoms with van der Waals surface area (Å²) >= 11 is 10.6. The number of benzene rings is 2. The summed E-state index contributed by atoms with van der Waals surface area (Å²) in [5, 5.41) is 0. The Morgan fingerprint density at radius 1 is 0.913 bits per heavy atom. The Hall–Kier alpha value is -1.60. The quantitative estimate of drug-likeness (QED) is 0.389. The lowest BCUT2D eigenvalue weighted by Crippen LogP contribution is -1.91. The molecular formula is C17H12N2S4. The third-order valence-corrected chi connectivity index (χ3v) is 7.36. The first-order valence-corrected chi connectivity index (χ1v) is 9.89. The van der Waals surface area contributed by atoms with Crippen molar-refractivity contribution in [3.8, 4) is 5.69 Å². The highest BCUT2D eigenvalue weighted by molar-refractivity contribution is 7.74. The molecule has 2 aromatic heterocycles. The SMILES string of the molecule is Cc1ccccc1N=c1sc2sc(=S)n(-c3ccccc3)c2s1. The van der Waals surface area contributed by atoms with Crippen molar-refractivity contribution < 1.29 is 0 Å². The van der Waals surface area contributed by atoms with E-state index in [2.05, 4.69) is 35.8 Å². The Morgan fingerprint density at radius 2 is 1.65 bits per heavy atom. The van der Waals surface area contributed by atoms with Gasteiger partial charge in [0.2, 0.25) is 0 Å². The van der Waals surface area contributed by atoms with E-state index in [0.717, 1.165) is 19.3 Å². The topological polar surface area (TPSA) is 17.3 Å². The van der Waals surface area contributed by atoms with Gasteiger partial charge in [-0.1, -0.05) is 70.4 Å². The van der Waals surface area contributed by atoms with Gasteiger partial charge in [-0.2, -0.15) is 0 Å². The zero-order valence-corrected chi connectivity index (χ0v) is 15.5. The second kappa shape index (κ2) is 6.13. The predicted molar refractivity (Wildman–Crippen MR) is 104 cm³/mol. The minimum absolute atomic E-state index is 0.885. The first-order valence-electron chi connectivity index (χ1n) is 7.03. The van der Waals surface area contributed by atoms with Crippen LogP contribution in [0, 0.1) is 10.9 Å². The monoisotopic (exact) mass is 372 g/mol. The normalized spacial score (nSPS) is 12.1. The summed E-state index contributed by atoms with van der Waals surface area (Å²) in [7, 11) is 0. The fourth-order valence-electron chi connectivity index (χ4n) is 2.31. The number of aromatic nitrogens is 1. The molecule has 0 aliphatic heterocycles. The van der Waals surface area contributed by atoms with E-state index >= 15 is 0 Å². The molecule has 0 unspecified atom stereocenters. The minimum atomic E-state index is 0.885. The van der Waals surface area contributed by atoms with Gasteiger partial charge >= 0.3 is 0 Å². The maximum absolute atomic E-state index is 5.55. The summed E-state index contributed by atoms with van der Waals surface area (Å²) in [4.78, 5) is 5.99. The van der Waals surface area contributed by atoms with Crippen molar-refractivity contribution in [3.05, 3.63) is 68.1 Å². The highest BCUT2D eigenvalue weighted by atomic mass is 32.2. The number of hydrogen-bond acceptors (Lipinski definition) is 5. The van der Waals surface area contributed by atoms with Gasteiger partial charge in [-0.3, -0.25) is 4.57 Å². The molecule has 0 radical (unpaired) electrons. The molecule has 4 rings (SSSR count). The maximum atomic E-state index is 5.55. The molecule has 0 atom stereocenters. The molecule has 0 amide bonds. The number of para-hydroxylation sites is 2. The number of nitrogens with zero attached hydrogens (tertiary/aromatic N) is 2. The van der Waals surface area contributed by atoms with E-state index in [-0.39, 0.29) is 0 Å². The molecule has 23 heavy (non-hydrogen) atoms. The van der Waals surface area contributed by atoms with Crippen molar-refractivity contribution in [2.45, 2.75) is 6.92 Å². The summed E-state index contributed by atoms with van der Waals surface area (Å²) in [5.41, 5.74) is 3.33. The van der Waals surface area contributed by atoms with E-state index < -0.39 is 0 Å². The average molecular weight is 373 g/mol. The molecule has 0 aliphatic rings. The zero-order chi connectivity index (χ0) is 15.8. The first kappa shape index (κ1) is 15.0. The van der Waals surface area contributed by atoms with Gasteiger partial charge in [0, 0.05) is 5.69 Å². The van der Waals surface area contributed by atoms with Crippen molar-refractivity contribution >= 4 is 60.8 Å². The van der Waals surface area contributed by atoms with Gasteiger partial charge in [-0.25, -0.2) is 4.99 Å². The number of hydrogen-bond donors (Lipinski definition) is 0. The Morgan fingerprint density at radius 3 is 2.43 bits per heavy atom. The van der Waals surface area contributed by atoms with Gasteiger partial charge in [0.25, 0.3) is 0 Å². The zero-order valence-electron chi connectivity index (χ0n) is 12.2. The first-order chi connectivity index (χ1) is 11.2. The van der Waals surface area contributed by atoms with Crippen LogP contribution in [0.3, 0.4) is 0 Å². The molecular weight excluding hydrogens is 360 g/mol. The minimum Gasteiger partial charge on any atom is -0.282 e. The smallest absolute Gasteiger partial charge is 0.174 e. The van der Waals surface area contributed by atoms with E-state index in [1.807, 2.05) is 30.3 Å². The molecule has 2 heterocycles. The van der Waals surface area contributed by atoms with E-state index in [1.165, 1.54) is 14.4 Å². The van der Waals surface area contributed by atoms with Crippen molar-refractivity contribution in [3.63, 3.8) is 0 Å². The third kappa shape index (κ3) is 2.83. The maximum Gasteiger partial charge on any atom is 0.174 e. The van der Waals surface area contributed by atoms with Crippen LogP contribution in [0.25, 0.3) is 14.5 Å². The molecule has 0 aliphatic carbocycles. The number of rotatable bonds is 2. The second-order valence-electron chi connectivity index (χ2n) is 5.00. The second-order valence-corrected chi connectivity index (χ2v) is 9.14. The highest BCUT2D eigenvalue weighted by Crippen LogP contribution is 2.32. The van der Waals surface area contributed by atoms with E-state index in [0.29, 0.717) is 0 Å². The molecule has 2 nitrogen and oxygen atoms in total. The molecule has 4 aromatic rings.